The number of nitrogens with zero attached hydrogens (tertiary/aromatic N) is 1. The molecule has 0 saturated heterocycles. The van der Waals surface area contributed by atoms with Crippen LogP contribution in [0.4, 0.5) is 0 Å². The molecule has 0 unspecified atom stereocenters. The van der Waals surface area contributed by atoms with E-state index in [0.29, 0.717) is 17.1 Å². The number of aromatic hydroxyl groups is 1. The van der Waals surface area contributed by atoms with Crippen molar-refractivity contribution in [2.45, 2.75) is 6.61 Å². The van der Waals surface area contributed by atoms with Gasteiger partial charge in [0.2, 0.25) is 0 Å². The van der Waals surface area contributed by atoms with Crippen LogP contribution < -0.4 is 4.74 Å². The highest BCUT2D eigenvalue weighted by Gasteiger charge is 2.19. The number of aromatic nitrogens is 2. The van der Waals surface area contributed by atoms with Gasteiger partial charge in [0.25, 0.3) is 0 Å². The zero-order valence-electron chi connectivity index (χ0n) is 13.9. The molecule has 5 nitrogen and oxygen atoms in total. The fourth-order valence-electron chi connectivity index (χ4n) is 2.78. The van der Waals surface area contributed by atoms with Crippen LogP contribution in [0.15, 0.2) is 47.2 Å². The maximum Gasteiger partial charge on any atom is 0.163 e. The number of hydrogen-bond donors (Lipinski definition) is 3. The van der Waals surface area contributed by atoms with Crippen molar-refractivity contribution in [3.8, 4) is 44.0 Å². The summed E-state index contributed by atoms with van der Waals surface area (Å²) in [7, 11) is 1.48. The zero-order valence-corrected chi connectivity index (χ0v) is 15.5. The third-order valence-electron chi connectivity index (χ3n) is 4.04. The molecule has 3 aromatic heterocycles. The van der Waals surface area contributed by atoms with Gasteiger partial charge in [-0.3, -0.25) is 0 Å². The van der Waals surface area contributed by atoms with Gasteiger partial charge in [0.1, 0.15) is 11.5 Å². The Morgan fingerprint density at radius 2 is 1.85 bits per heavy atom. The molecule has 4 aromatic rings. The Balaban J connectivity index is 1.90. The van der Waals surface area contributed by atoms with Crippen LogP contribution in [0, 0.1) is 0 Å². The predicted octanol–water partition coefficient (Wildman–Crippen LogP) is 4.74. The fraction of sp³-hybridized carbons (Fsp3) is 0.105. The summed E-state index contributed by atoms with van der Waals surface area (Å²) in [6.45, 7) is -0.285. The summed E-state index contributed by atoms with van der Waals surface area (Å²) in [4.78, 5) is 10.4. The number of methoxy groups -OCH3 is 1. The number of aliphatic hydroxyl groups is 1. The number of nitrogens with one attached hydrogen (secondary N) is 1. The lowest BCUT2D eigenvalue weighted by atomic mass is 10.1. The Kier molecular flexibility index (Phi) is 4.50. The molecule has 0 bridgehead atoms. The van der Waals surface area contributed by atoms with E-state index >= 15 is 0 Å². The molecule has 0 aliphatic carbocycles. The van der Waals surface area contributed by atoms with Crippen LogP contribution >= 0.6 is 22.7 Å². The van der Waals surface area contributed by atoms with Crippen molar-refractivity contribution in [3.63, 3.8) is 0 Å². The van der Waals surface area contributed by atoms with Gasteiger partial charge in [-0.15, -0.1) is 22.7 Å². The topological polar surface area (TPSA) is 78.4 Å². The van der Waals surface area contributed by atoms with E-state index in [1.54, 1.807) is 34.8 Å². The van der Waals surface area contributed by atoms with Gasteiger partial charge in [-0.05, 0) is 35.0 Å². The lowest BCUT2D eigenvalue weighted by molar-refractivity contribution is 0.272. The number of hydrogen-bond acceptors (Lipinski definition) is 6. The van der Waals surface area contributed by atoms with Crippen molar-refractivity contribution < 1.29 is 14.9 Å². The Bertz CT molecular complexity index is 945. The maximum atomic E-state index is 10.1. The van der Waals surface area contributed by atoms with Gasteiger partial charge in [0.15, 0.2) is 11.5 Å². The second kappa shape index (κ2) is 6.95. The summed E-state index contributed by atoms with van der Waals surface area (Å²) in [6, 6.07) is 11.5. The number of thiophene rings is 2. The van der Waals surface area contributed by atoms with Crippen LogP contribution in [0.3, 0.4) is 0 Å². The summed E-state index contributed by atoms with van der Waals surface area (Å²) in [5, 5.41) is 23.7. The van der Waals surface area contributed by atoms with E-state index in [1.165, 1.54) is 7.11 Å². The van der Waals surface area contributed by atoms with Crippen molar-refractivity contribution in [2.24, 2.45) is 0 Å². The summed E-state index contributed by atoms with van der Waals surface area (Å²) >= 11 is 3.27. The van der Waals surface area contributed by atoms with E-state index in [-0.39, 0.29) is 12.4 Å². The minimum atomic E-state index is -0.285. The zero-order chi connectivity index (χ0) is 18.1. The molecule has 0 spiro atoms. The van der Waals surface area contributed by atoms with Crippen LogP contribution in [0.25, 0.3) is 32.5 Å². The SMILES string of the molecule is COc1cc(-c2nc(-c3cccs3)c(-c3cccs3)[nH]2)cc(CO)c1O. The number of ether oxygens (including phenoxy) is 1. The van der Waals surface area contributed by atoms with Crippen molar-refractivity contribution >= 4 is 22.7 Å². The first-order valence-electron chi connectivity index (χ1n) is 7.90. The quantitative estimate of drug-likeness (QED) is 0.464. The average Bonchev–Trinajstić information content (AvgIpc) is 3.41. The number of phenols is 1. The van der Waals surface area contributed by atoms with E-state index in [2.05, 4.69) is 11.1 Å². The first kappa shape index (κ1) is 16.8. The summed E-state index contributed by atoms with van der Waals surface area (Å²) in [5.41, 5.74) is 2.97. The molecule has 3 heterocycles. The van der Waals surface area contributed by atoms with Gasteiger partial charge in [-0.2, -0.15) is 0 Å². The second-order valence-electron chi connectivity index (χ2n) is 5.61. The minimum Gasteiger partial charge on any atom is -0.504 e. The smallest absolute Gasteiger partial charge is 0.163 e. The molecule has 0 atom stereocenters. The van der Waals surface area contributed by atoms with Gasteiger partial charge >= 0.3 is 0 Å². The van der Waals surface area contributed by atoms with Crippen LogP contribution in [-0.4, -0.2) is 27.3 Å². The number of aliphatic hydroxyl groups excluding tert-OH is 1. The monoisotopic (exact) mass is 384 g/mol. The normalized spacial score (nSPS) is 11.0. The third-order valence-corrected chi connectivity index (χ3v) is 5.81. The molecule has 1 aromatic carbocycles. The molecule has 0 fully saturated rings. The first-order valence-corrected chi connectivity index (χ1v) is 9.66. The highest BCUT2D eigenvalue weighted by atomic mass is 32.1. The van der Waals surface area contributed by atoms with Crippen molar-refractivity contribution in [1.29, 1.82) is 0 Å². The van der Waals surface area contributed by atoms with Gasteiger partial charge in [-0.25, -0.2) is 4.98 Å². The van der Waals surface area contributed by atoms with Crippen LogP contribution in [-0.2, 0) is 6.61 Å². The van der Waals surface area contributed by atoms with Crippen LogP contribution in [0.5, 0.6) is 11.5 Å². The van der Waals surface area contributed by atoms with E-state index in [9.17, 15) is 10.2 Å². The number of rotatable bonds is 5. The van der Waals surface area contributed by atoms with Crippen molar-refractivity contribution in [3.05, 3.63) is 52.7 Å². The highest BCUT2D eigenvalue weighted by Crippen LogP contribution is 2.39. The Hall–Kier alpha value is -2.61. The van der Waals surface area contributed by atoms with Crippen molar-refractivity contribution in [1.82, 2.24) is 9.97 Å². The van der Waals surface area contributed by atoms with E-state index in [4.69, 9.17) is 9.72 Å². The number of aromatic amines is 1. The van der Waals surface area contributed by atoms with Gasteiger partial charge in [0.05, 0.1) is 29.2 Å². The highest BCUT2D eigenvalue weighted by molar-refractivity contribution is 7.14. The van der Waals surface area contributed by atoms with E-state index in [1.807, 2.05) is 29.0 Å². The number of imidazole rings is 1. The predicted molar refractivity (Wildman–Crippen MR) is 105 cm³/mol. The average molecular weight is 384 g/mol. The van der Waals surface area contributed by atoms with Crippen molar-refractivity contribution in [2.75, 3.05) is 7.11 Å². The fourth-order valence-corrected chi connectivity index (χ4v) is 4.23. The number of H-pyrrole nitrogens is 1. The third kappa shape index (κ3) is 2.90. The Labute approximate surface area is 158 Å². The molecular weight excluding hydrogens is 368 g/mol. The Morgan fingerprint density at radius 1 is 1.12 bits per heavy atom. The molecule has 26 heavy (non-hydrogen) atoms. The molecule has 0 aliphatic heterocycles. The standard InChI is InChI=1S/C19H16N2O3S2/c1-24-13-9-11(8-12(10-22)18(13)23)19-20-16(14-4-2-6-25-14)17(21-19)15-5-3-7-26-15/h2-9,22-23H,10H2,1H3,(H,20,21). The van der Waals surface area contributed by atoms with Gasteiger partial charge < -0.3 is 19.9 Å². The molecule has 3 N–H and O–H groups in total. The molecule has 7 heteroatoms. The maximum absolute atomic E-state index is 10.1. The van der Waals surface area contributed by atoms with Gasteiger partial charge in [0, 0.05) is 11.1 Å². The largest absolute Gasteiger partial charge is 0.504 e. The lowest BCUT2D eigenvalue weighted by Crippen LogP contribution is -1.92. The number of benzene rings is 1. The lowest BCUT2D eigenvalue weighted by Gasteiger charge is -2.09. The molecule has 0 amide bonds. The summed E-state index contributed by atoms with van der Waals surface area (Å²) in [5.74, 6) is 0.908. The molecule has 4 rings (SSSR count). The van der Waals surface area contributed by atoms with E-state index in [0.717, 1.165) is 26.7 Å². The Morgan fingerprint density at radius 3 is 2.46 bits per heavy atom. The van der Waals surface area contributed by atoms with Crippen LogP contribution in [0.1, 0.15) is 5.56 Å². The molecule has 0 saturated carbocycles. The minimum absolute atomic E-state index is 0.0535. The summed E-state index contributed by atoms with van der Waals surface area (Å²) in [6.07, 6.45) is 0. The summed E-state index contributed by atoms with van der Waals surface area (Å²) < 4.78 is 5.23. The molecule has 0 radical (unpaired) electrons. The molecular formula is C19H16N2O3S2. The molecule has 132 valence electrons. The second-order valence-corrected chi connectivity index (χ2v) is 7.50. The van der Waals surface area contributed by atoms with Crippen LogP contribution in [0.2, 0.25) is 0 Å². The molecule has 0 aliphatic rings. The first-order chi connectivity index (χ1) is 12.7. The van der Waals surface area contributed by atoms with Gasteiger partial charge in [-0.1, -0.05) is 12.1 Å². The van der Waals surface area contributed by atoms with E-state index < -0.39 is 0 Å².